The van der Waals surface area contributed by atoms with Crippen LogP contribution < -0.4 is 0 Å². The molecule has 0 spiro atoms. The Hall–Kier alpha value is -1.43. The molecule has 1 fully saturated rings. The molecule has 0 aromatic carbocycles. The van der Waals surface area contributed by atoms with Crippen molar-refractivity contribution in [3.63, 3.8) is 0 Å². The lowest BCUT2D eigenvalue weighted by atomic mass is 9.91. The van der Waals surface area contributed by atoms with E-state index in [0.717, 1.165) is 0 Å². The Morgan fingerprint density at radius 3 is 2.20 bits per heavy atom. The van der Waals surface area contributed by atoms with Crippen LogP contribution in [0.2, 0.25) is 0 Å². The summed E-state index contributed by atoms with van der Waals surface area (Å²) in [5.41, 5.74) is -0.623. The number of morpholine rings is 1. The second-order valence-electron chi connectivity index (χ2n) is 6.01. The van der Waals surface area contributed by atoms with Crippen molar-refractivity contribution >= 4 is 17.7 Å². The van der Waals surface area contributed by atoms with E-state index >= 15 is 0 Å². The van der Waals surface area contributed by atoms with Gasteiger partial charge in [-0.1, -0.05) is 0 Å². The van der Waals surface area contributed by atoms with Crippen molar-refractivity contribution in [2.75, 3.05) is 19.8 Å². The quantitative estimate of drug-likeness (QED) is 0.733. The van der Waals surface area contributed by atoms with Gasteiger partial charge >= 0.3 is 6.09 Å². The lowest BCUT2D eigenvalue weighted by molar-refractivity contribution is -0.136. The standard InChI is InChI=1S/C14H23NO5/c1-9(16)12(10(2)17)11-8-19-7-6-15(11)13(18)20-14(3,4)5/h11-12H,6-8H2,1-5H3. The van der Waals surface area contributed by atoms with Gasteiger partial charge in [0.15, 0.2) is 0 Å². The molecule has 114 valence electrons. The van der Waals surface area contributed by atoms with Gasteiger partial charge in [0.05, 0.1) is 25.2 Å². The van der Waals surface area contributed by atoms with Gasteiger partial charge in [-0.05, 0) is 34.6 Å². The van der Waals surface area contributed by atoms with Gasteiger partial charge in [-0.3, -0.25) is 14.5 Å². The Balaban J connectivity index is 2.93. The lowest BCUT2D eigenvalue weighted by Gasteiger charge is -2.39. The predicted octanol–water partition coefficient (Wildman–Crippen LogP) is 1.42. The molecule has 1 saturated heterocycles. The average Bonchev–Trinajstić information content (AvgIpc) is 2.26. The molecule has 1 rings (SSSR count). The van der Waals surface area contributed by atoms with Crippen LogP contribution in [0.5, 0.6) is 0 Å². The van der Waals surface area contributed by atoms with Gasteiger partial charge in [-0.2, -0.15) is 0 Å². The third-order valence-corrected chi connectivity index (χ3v) is 3.05. The Labute approximate surface area is 119 Å². The Morgan fingerprint density at radius 2 is 1.75 bits per heavy atom. The van der Waals surface area contributed by atoms with Crippen molar-refractivity contribution in [1.82, 2.24) is 4.90 Å². The van der Waals surface area contributed by atoms with E-state index in [9.17, 15) is 14.4 Å². The minimum atomic E-state index is -0.859. The summed E-state index contributed by atoms with van der Waals surface area (Å²) in [6, 6.07) is -0.589. The number of nitrogens with zero attached hydrogens (tertiary/aromatic N) is 1. The molecule has 0 bridgehead atoms. The monoisotopic (exact) mass is 285 g/mol. The predicted molar refractivity (Wildman–Crippen MR) is 72.4 cm³/mol. The summed E-state index contributed by atoms with van der Waals surface area (Å²) >= 11 is 0. The largest absolute Gasteiger partial charge is 0.444 e. The van der Waals surface area contributed by atoms with E-state index in [1.807, 2.05) is 0 Å². The molecule has 1 aliphatic rings. The Morgan fingerprint density at radius 1 is 1.20 bits per heavy atom. The molecule has 0 saturated carbocycles. The van der Waals surface area contributed by atoms with Crippen molar-refractivity contribution < 1.29 is 23.9 Å². The van der Waals surface area contributed by atoms with Gasteiger partial charge in [0, 0.05) is 6.54 Å². The molecule has 0 aliphatic carbocycles. The summed E-state index contributed by atoms with van der Waals surface area (Å²) in [5, 5.41) is 0. The second-order valence-corrected chi connectivity index (χ2v) is 6.01. The highest BCUT2D eigenvalue weighted by atomic mass is 16.6. The lowest BCUT2D eigenvalue weighted by Crippen LogP contribution is -2.56. The fourth-order valence-corrected chi connectivity index (χ4v) is 2.27. The summed E-state index contributed by atoms with van der Waals surface area (Å²) in [5.74, 6) is -1.38. The summed E-state index contributed by atoms with van der Waals surface area (Å²) in [4.78, 5) is 37.0. The molecule has 1 heterocycles. The molecule has 1 unspecified atom stereocenters. The first-order valence-corrected chi connectivity index (χ1v) is 6.71. The number of hydrogen-bond acceptors (Lipinski definition) is 5. The molecule has 20 heavy (non-hydrogen) atoms. The third-order valence-electron chi connectivity index (χ3n) is 3.05. The van der Waals surface area contributed by atoms with Crippen molar-refractivity contribution in [2.24, 2.45) is 5.92 Å². The van der Waals surface area contributed by atoms with E-state index in [1.165, 1.54) is 18.7 Å². The van der Waals surface area contributed by atoms with Crippen molar-refractivity contribution in [3.05, 3.63) is 0 Å². The maximum Gasteiger partial charge on any atom is 0.410 e. The number of amides is 1. The van der Waals surface area contributed by atoms with Gasteiger partial charge in [0.1, 0.15) is 17.2 Å². The highest BCUT2D eigenvalue weighted by Gasteiger charge is 2.40. The highest BCUT2D eigenvalue weighted by molar-refractivity contribution is 6.01. The van der Waals surface area contributed by atoms with E-state index in [2.05, 4.69) is 0 Å². The van der Waals surface area contributed by atoms with Crippen LogP contribution in [0.15, 0.2) is 0 Å². The fourth-order valence-electron chi connectivity index (χ4n) is 2.27. The smallest absolute Gasteiger partial charge is 0.410 e. The maximum absolute atomic E-state index is 12.2. The van der Waals surface area contributed by atoms with E-state index in [-0.39, 0.29) is 18.2 Å². The van der Waals surface area contributed by atoms with Crippen LogP contribution in [0.4, 0.5) is 4.79 Å². The zero-order chi connectivity index (χ0) is 15.5. The van der Waals surface area contributed by atoms with Gasteiger partial charge < -0.3 is 9.47 Å². The third kappa shape index (κ3) is 4.30. The summed E-state index contributed by atoms with van der Waals surface area (Å²) in [6.45, 7) is 8.88. The van der Waals surface area contributed by atoms with Gasteiger partial charge in [0.25, 0.3) is 0 Å². The first kappa shape index (κ1) is 16.6. The molecular formula is C14H23NO5. The van der Waals surface area contributed by atoms with Gasteiger partial charge in [0.2, 0.25) is 0 Å². The zero-order valence-electron chi connectivity index (χ0n) is 12.8. The fraction of sp³-hybridized carbons (Fsp3) is 0.786. The molecule has 6 heteroatoms. The van der Waals surface area contributed by atoms with Crippen LogP contribution in [0.1, 0.15) is 34.6 Å². The second kappa shape index (κ2) is 6.35. The SMILES string of the molecule is CC(=O)C(C(C)=O)C1COCCN1C(=O)OC(C)(C)C. The van der Waals surface area contributed by atoms with E-state index in [4.69, 9.17) is 9.47 Å². The van der Waals surface area contributed by atoms with Crippen molar-refractivity contribution in [1.29, 1.82) is 0 Å². The minimum absolute atomic E-state index is 0.170. The molecule has 1 atom stereocenters. The number of hydrogen-bond donors (Lipinski definition) is 0. The molecule has 1 amide bonds. The normalized spacial score (nSPS) is 19.9. The summed E-state index contributed by atoms with van der Waals surface area (Å²) in [7, 11) is 0. The van der Waals surface area contributed by atoms with E-state index < -0.39 is 23.7 Å². The number of Topliss-reactive ketones (excluding diaryl/α,β-unsaturated/α-hetero) is 2. The van der Waals surface area contributed by atoms with Crippen LogP contribution in [0.25, 0.3) is 0 Å². The molecule has 0 aromatic rings. The first-order valence-electron chi connectivity index (χ1n) is 6.71. The van der Waals surface area contributed by atoms with Crippen LogP contribution in [0, 0.1) is 5.92 Å². The van der Waals surface area contributed by atoms with E-state index in [0.29, 0.717) is 13.2 Å². The van der Waals surface area contributed by atoms with Gasteiger partial charge in [-0.15, -0.1) is 0 Å². The highest BCUT2D eigenvalue weighted by Crippen LogP contribution is 2.21. The molecule has 6 nitrogen and oxygen atoms in total. The number of rotatable bonds is 3. The topological polar surface area (TPSA) is 72.9 Å². The first-order chi connectivity index (χ1) is 9.13. The van der Waals surface area contributed by atoms with Crippen molar-refractivity contribution in [2.45, 2.75) is 46.3 Å². The van der Waals surface area contributed by atoms with Crippen LogP contribution in [0.3, 0.4) is 0 Å². The molecule has 0 aromatic heterocycles. The van der Waals surface area contributed by atoms with Crippen LogP contribution in [-0.4, -0.2) is 54.0 Å². The maximum atomic E-state index is 12.2. The number of carbonyl (C=O) groups is 3. The number of ether oxygens (including phenoxy) is 2. The molecule has 0 radical (unpaired) electrons. The molecular weight excluding hydrogens is 262 g/mol. The van der Waals surface area contributed by atoms with Crippen LogP contribution >= 0.6 is 0 Å². The average molecular weight is 285 g/mol. The van der Waals surface area contributed by atoms with E-state index in [1.54, 1.807) is 20.8 Å². The van der Waals surface area contributed by atoms with Crippen LogP contribution in [-0.2, 0) is 19.1 Å². The number of ketones is 2. The van der Waals surface area contributed by atoms with Crippen molar-refractivity contribution in [3.8, 4) is 0 Å². The minimum Gasteiger partial charge on any atom is -0.444 e. The Bertz CT molecular complexity index is 385. The zero-order valence-corrected chi connectivity index (χ0v) is 12.8. The Kier molecular flexibility index (Phi) is 5.28. The molecule has 0 N–H and O–H groups in total. The summed E-state index contributed by atoms with van der Waals surface area (Å²) < 4.78 is 10.6. The van der Waals surface area contributed by atoms with Gasteiger partial charge in [-0.25, -0.2) is 4.79 Å². The number of carbonyl (C=O) groups excluding carboxylic acids is 3. The molecule has 1 aliphatic heterocycles. The summed E-state index contributed by atoms with van der Waals surface area (Å²) in [6.07, 6.45) is -0.515.